The van der Waals surface area contributed by atoms with E-state index in [1.54, 1.807) is 0 Å². The second kappa shape index (κ2) is 6.19. The van der Waals surface area contributed by atoms with E-state index in [0.717, 1.165) is 38.8 Å². The minimum atomic E-state index is -0.450. The summed E-state index contributed by atoms with van der Waals surface area (Å²) < 4.78 is 5.88. The predicted octanol–water partition coefficient (Wildman–Crippen LogP) is 2.93. The Morgan fingerprint density at radius 2 is 1.91 bits per heavy atom. The normalized spacial score (nSPS) is 32.6. The van der Waals surface area contributed by atoms with Gasteiger partial charge < -0.3 is 9.64 Å². The summed E-state index contributed by atoms with van der Waals surface area (Å²) in [6.45, 7) is 9.37. The standard InChI is InChI=1S/C17H31N2O3/c1-6-7-14-12-15(20)18(14)13-8-10-19(5,11-9-13)16(21)22-17(2,3)4/h13-14H,6-12H2,1-5H3/q+1/t13?,14-,19?/m0/s1. The van der Waals surface area contributed by atoms with Crippen molar-refractivity contribution in [3.05, 3.63) is 0 Å². The first-order valence-corrected chi connectivity index (χ1v) is 8.55. The van der Waals surface area contributed by atoms with E-state index < -0.39 is 5.60 Å². The summed E-state index contributed by atoms with van der Waals surface area (Å²) in [5.74, 6) is 0.289. The molecule has 22 heavy (non-hydrogen) atoms. The fourth-order valence-electron chi connectivity index (χ4n) is 3.53. The Hall–Kier alpha value is -1.10. The van der Waals surface area contributed by atoms with Crippen LogP contribution in [0.5, 0.6) is 0 Å². The number of hydrogen-bond donors (Lipinski definition) is 0. The molecule has 0 unspecified atom stereocenters. The quantitative estimate of drug-likeness (QED) is 0.595. The van der Waals surface area contributed by atoms with Gasteiger partial charge in [-0.25, -0.2) is 4.48 Å². The summed E-state index contributed by atoms with van der Waals surface area (Å²) >= 11 is 0. The average molecular weight is 311 g/mol. The van der Waals surface area contributed by atoms with Gasteiger partial charge in [-0.2, -0.15) is 4.79 Å². The van der Waals surface area contributed by atoms with Crippen LogP contribution in [-0.2, 0) is 9.53 Å². The number of likely N-dealkylation sites (tertiary alicyclic amines) is 2. The number of amides is 2. The van der Waals surface area contributed by atoms with Gasteiger partial charge in [0.1, 0.15) is 5.60 Å². The minimum Gasteiger partial charge on any atom is -0.414 e. The summed E-state index contributed by atoms with van der Waals surface area (Å²) in [6, 6.07) is 0.743. The summed E-state index contributed by atoms with van der Waals surface area (Å²) in [5, 5.41) is 0. The first kappa shape index (κ1) is 17.3. The zero-order chi connectivity index (χ0) is 16.5. The maximum atomic E-state index is 12.4. The van der Waals surface area contributed by atoms with Crippen LogP contribution in [0, 0.1) is 0 Å². The SMILES string of the molecule is CCC[C@H]1CC(=O)N1C1CC[N+](C)(C(=O)OC(C)(C)C)CC1. The zero-order valence-electron chi connectivity index (χ0n) is 14.7. The van der Waals surface area contributed by atoms with E-state index in [2.05, 4.69) is 11.8 Å². The summed E-state index contributed by atoms with van der Waals surface area (Å²) in [7, 11) is 1.95. The molecule has 0 aromatic rings. The molecule has 0 saturated carbocycles. The van der Waals surface area contributed by atoms with Crippen LogP contribution in [0.25, 0.3) is 0 Å². The summed E-state index contributed by atoms with van der Waals surface area (Å²) in [4.78, 5) is 26.4. The molecule has 0 aromatic heterocycles. The van der Waals surface area contributed by atoms with Crippen LogP contribution in [0.2, 0.25) is 0 Å². The first-order valence-electron chi connectivity index (χ1n) is 8.55. The number of piperidine rings is 1. The molecule has 0 radical (unpaired) electrons. The van der Waals surface area contributed by atoms with E-state index >= 15 is 0 Å². The molecule has 2 saturated heterocycles. The zero-order valence-corrected chi connectivity index (χ0v) is 14.7. The molecule has 1 atom stereocenters. The smallest absolute Gasteiger partial charge is 0.414 e. The number of quaternary nitrogens is 1. The van der Waals surface area contributed by atoms with Gasteiger partial charge in [-0.15, -0.1) is 0 Å². The van der Waals surface area contributed by atoms with Crippen molar-refractivity contribution in [1.29, 1.82) is 0 Å². The number of hydrogen-bond acceptors (Lipinski definition) is 3. The van der Waals surface area contributed by atoms with Crippen LogP contribution in [0.3, 0.4) is 0 Å². The Balaban J connectivity index is 1.92. The van der Waals surface area contributed by atoms with Crippen molar-refractivity contribution in [2.75, 3.05) is 20.1 Å². The largest absolute Gasteiger partial charge is 0.516 e. The number of carbonyl (C=O) groups is 2. The molecule has 2 amide bonds. The molecule has 5 heteroatoms. The Labute approximate surface area is 134 Å². The van der Waals surface area contributed by atoms with Crippen molar-refractivity contribution < 1.29 is 18.8 Å². The summed E-state index contributed by atoms with van der Waals surface area (Å²) in [6.07, 6.45) is 4.56. The van der Waals surface area contributed by atoms with Gasteiger partial charge in [0.25, 0.3) is 0 Å². The fraction of sp³-hybridized carbons (Fsp3) is 0.882. The molecule has 2 heterocycles. The topological polar surface area (TPSA) is 46.6 Å². The Kier molecular flexibility index (Phi) is 4.85. The monoisotopic (exact) mass is 311 g/mol. The highest BCUT2D eigenvalue weighted by Crippen LogP contribution is 2.32. The van der Waals surface area contributed by atoms with Crippen molar-refractivity contribution in [2.24, 2.45) is 0 Å². The lowest BCUT2D eigenvalue weighted by atomic mass is 9.90. The van der Waals surface area contributed by atoms with E-state index in [4.69, 9.17) is 4.74 Å². The molecule has 126 valence electrons. The molecule has 2 aliphatic rings. The maximum absolute atomic E-state index is 12.4. The molecule has 0 aliphatic carbocycles. The van der Waals surface area contributed by atoms with Gasteiger partial charge in [0, 0.05) is 31.3 Å². The van der Waals surface area contributed by atoms with E-state index in [-0.39, 0.29) is 12.0 Å². The van der Waals surface area contributed by atoms with Gasteiger partial charge in [-0.3, -0.25) is 4.79 Å². The first-order chi connectivity index (χ1) is 10.2. The van der Waals surface area contributed by atoms with E-state index in [0.29, 0.717) is 23.0 Å². The van der Waals surface area contributed by atoms with Crippen LogP contribution in [-0.4, -0.2) is 59.2 Å². The second-order valence-corrected chi connectivity index (χ2v) is 8.00. The molecule has 2 rings (SSSR count). The Morgan fingerprint density at radius 1 is 1.32 bits per heavy atom. The minimum absolute atomic E-state index is 0.147. The number of carbonyl (C=O) groups excluding carboxylic acids is 2. The third kappa shape index (κ3) is 3.62. The van der Waals surface area contributed by atoms with Gasteiger partial charge in [0.15, 0.2) is 0 Å². The maximum Gasteiger partial charge on any atom is 0.516 e. The van der Waals surface area contributed by atoms with E-state index in [1.165, 1.54) is 0 Å². The fourth-order valence-corrected chi connectivity index (χ4v) is 3.53. The second-order valence-electron chi connectivity index (χ2n) is 8.00. The van der Waals surface area contributed by atoms with Gasteiger partial charge in [0.05, 0.1) is 20.1 Å². The molecule has 0 aromatic carbocycles. The van der Waals surface area contributed by atoms with Crippen LogP contribution in [0.4, 0.5) is 4.79 Å². The third-order valence-electron chi connectivity index (χ3n) is 4.85. The molecule has 5 nitrogen and oxygen atoms in total. The lowest BCUT2D eigenvalue weighted by molar-refractivity contribution is -0.844. The number of β-lactam (4-membered cyclic amide) rings is 1. The van der Waals surface area contributed by atoms with Crippen LogP contribution >= 0.6 is 0 Å². The van der Waals surface area contributed by atoms with Crippen molar-refractivity contribution in [3.63, 3.8) is 0 Å². The molecular formula is C17H31N2O3+. The lowest BCUT2D eigenvalue weighted by Crippen LogP contribution is -2.63. The van der Waals surface area contributed by atoms with Crippen LogP contribution in [0.15, 0.2) is 0 Å². The molecule has 0 bridgehead atoms. The summed E-state index contributed by atoms with van der Waals surface area (Å²) in [5.41, 5.74) is -0.450. The highest BCUT2D eigenvalue weighted by atomic mass is 16.6. The predicted molar refractivity (Wildman–Crippen MR) is 85.3 cm³/mol. The highest BCUT2D eigenvalue weighted by molar-refractivity contribution is 5.83. The van der Waals surface area contributed by atoms with Crippen molar-refractivity contribution in [2.45, 2.75) is 77.5 Å². The number of ether oxygens (including phenoxy) is 1. The van der Waals surface area contributed by atoms with Gasteiger partial charge in [0.2, 0.25) is 5.91 Å². The molecule has 0 spiro atoms. The van der Waals surface area contributed by atoms with Crippen LogP contribution in [0.1, 0.15) is 59.8 Å². The van der Waals surface area contributed by atoms with E-state index in [1.807, 2.05) is 27.8 Å². The molecule has 0 N–H and O–H groups in total. The highest BCUT2D eigenvalue weighted by Gasteiger charge is 2.46. The van der Waals surface area contributed by atoms with Gasteiger partial charge in [-0.1, -0.05) is 13.3 Å². The molecule has 2 aliphatic heterocycles. The van der Waals surface area contributed by atoms with Crippen molar-refractivity contribution in [1.82, 2.24) is 4.90 Å². The Morgan fingerprint density at radius 3 is 2.36 bits per heavy atom. The van der Waals surface area contributed by atoms with E-state index in [9.17, 15) is 9.59 Å². The average Bonchev–Trinajstić information content (AvgIpc) is 2.39. The number of nitrogens with zero attached hydrogens (tertiary/aromatic N) is 2. The lowest BCUT2D eigenvalue weighted by Gasteiger charge is -2.49. The van der Waals surface area contributed by atoms with Crippen molar-refractivity contribution >= 4 is 12.0 Å². The third-order valence-corrected chi connectivity index (χ3v) is 4.85. The molecular weight excluding hydrogens is 280 g/mol. The van der Waals surface area contributed by atoms with Crippen LogP contribution < -0.4 is 0 Å². The molecule has 2 fully saturated rings. The van der Waals surface area contributed by atoms with Gasteiger partial charge in [-0.05, 0) is 27.2 Å². The number of rotatable bonds is 3. The van der Waals surface area contributed by atoms with Gasteiger partial charge >= 0.3 is 6.09 Å². The Bertz CT molecular complexity index is 434. The van der Waals surface area contributed by atoms with Crippen molar-refractivity contribution in [3.8, 4) is 0 Å².